The van der Waals surface area contributed by atoms with Crippen LogP contribution < -0.4 is 9.64 Å². The lowest BCUT2D eigenvalue weighted by molar-refractivity contribution is 0.0816. The van der Waals surface area contributed by atoms with E-state index in [1.807, 2.05) is 50.4 Å². The average molecular weight is 337 g/mol. The quantitative estimate of drug-likeness (QED) is 0.864. The molecule has 1 saturated heterocycles. The van der Waals surface area contributed by atoms with Crippen LogP contribution >= 0.6 is 0 Å². The number of para-hydroxylation sites is 1. The Morgan fingerprint density at radius 1 is 1.16 bits per heavy atom. The van der Waals surface area contributed by atoms with Crippen molar-refractivity contribution in [3.05, 3.63) is 53.2 Å². The number of carbonyl (C=O) groups is 1. The van der Waals surface area contributed by atoms with Gasteiger partial charge in [-0.1, -0.05) is 18.2 Å². The van der Waals surface area contributed by atoms with E-state index >= 15 is 0 Å². The summed E-state index contributed by atoms with van der Waals surface area (Å²) in [4.78, 5) is 21.0. The largest absolute Gasteiger partial charge is 0.490 e. The normalized spacial score (nSPS) is 17.8. The molecule has 0 N–H and O–H groups in total. The van der Waals surface area contributed by atoms with E-state index in [4.69, 9.17) is 9.72 Å². The molecule has 1 aromatic carbocycles. The molecule has 1 aromatic heterocycles. The van der Waals surface area contributed by atoms with Crippen LogP contribution in [-0.2, 0) is 6.54 Å². The molecule has 5 heteroatoms. The fourth-order valence-electron chi connectivity index (χ4n) is 3.65. The predicted octanol–water partition coefficient (Wildman–Crippen LogP) is 3.02. The van der Waals surface area contributed by atoms with E-state index in [0.29, 0.717) is 6.54 Å². The molecule has 0 unspecified atom stereocenters. The van der Waals surface area contributed by atoms with Gasteiger partial charge in [0.05, 0.1) is 17.8 Å². The second kappa shape index (κ2) is 6.39. The lowest BCUT2D eigenvalue weighted by atomic mass is 10.1. The van der Waals surface area contributed by atoms with Crippen LogP contribution in [0.15, 0.2) is 36.4 Å². The number of rotatable bonds is 3. The molecule has 130 valence electrons. The van der Waals surface area contributed by atoms with Crippen LogP contribution in [0.1, 0.15) is 34.5 Å². The molecular formula is C20H23N3O2. The third-order valence-electron chi connectivity index (χ3n) is 5.02. The standard InChI is InChI=1S/C20H23N3O2/c1-14-12-17-18(13-22(2)20(17)24)21-19(14)23-10-8-16(9-11-23)25-15-6-4-3-5-7-15/h3-7,12,16H,8-11,13H2,1-2H3. The molecule has 0 saturated carbocycles. The van der Waals surface area contributed by atoms with Gasteiger partial charge in [0, 0.05) is 33.0 Å². The SMILES string of the molecule is Cc1cc2c(nc1N1CCC(Oc3ccccc3)CC1)CN(C)C2=O. The zero-order valence-electron chi connectivity index (χ0n) is 14.7. The molecule has 4 rings (SSSR count). The number of pyridine rings is 1. The van der Waals surface area contributed by atoms with Gasteiger partial charge in [-0.25, -0.2) is 4.98 Å². The maximum absolute atomic E-state index is 12.1. The van der Waals surface area contributed by atoms with Crippen molar-refractivity contribution in [2.45, 2.75) is 32.4 Å². The number of fused-ring (bicyclic) bond motifs is 1. The van der Waals surface area contributed by atoms with Crippen molar-refractivity contribution in [1.82, 2.24) is 9.88 Å². The first kappa shape index (κ1) is 15.9. The molecule has 25 heavy (non-hydrogen) atoms. The first-order valence-corrected chi connectivity index (χ1v) is 8.84. The van der Waals surface area contributed by atoms with Gasteiger partial charge < -0.3 is 14.5 Å². The van der Waals surface area contributed by atoms with E-state index in [1.165, 1.54) is 0 Å². The van der Waals surface area contributed by atoms with Gasteiger partial charge in [-0.15, -0.1) is 0 Å². The molecule has 0 atom stereocenters. The molecule has 0 aliphatic carbocycles. The summed E-state index contributed by atoms with van der Waals surface area (Å²) in [5.74, 6) is 2.03. The van der Waals surface area contributed by atoms with Gasteiger partial charge in [0.2, 0.25) is 0 Å². The zero-order valence-corrected chi connectivity index (χ0v) is 14.7. The zero-order chi connectivity index (χ0) is 17.4. The number of ether oxygens (including phenoxy) is 1. The van der Waals surface area contributed by atoms with Crippen molar-refractivity contribution in [2.24, 2.45) is 0 Å². The molecular weight excluding hydrogens is 314 g/mol. The van der Waals surface area contributed by atoms with E-state index in [1.54, 1.807) is 4.90 Å². The summed E-state index contributed by atoms with van der Waals surface area (Å²) in [6.07, 6.45) is 2.21. The maximum atomic E-state index is 12.1. The van der Waals surface area contributed by atoms with Gasteiger partial charge in [-0.05, 0) is 30.7 Å². The van der Waals surface area contributed by atoms with Crippen molar-refractivity contribution in [3.63, 3.8) is 0 Å². The highest BCUT2D eigenvalue weighted by Gasteiger charge is 2.29. The Labute approximate surface area is 148 Å². The second-order valence-electron chi connectivity index (χ2n) is 6.90. The van der Waals surface area contributed by atoms with Crippen LogP contribution in [0.2, 0.25) is 0 Å². The van der Waals surface area contributed by atoms with Gasteiger partial charge in [-0.2, -0.15) is 0 Å². The molecule has 3 heterocycles. The molecule has 0 spiro atoms. The van der Waals surface area contributed by atoms with Gasteiger partial charge in [0.1, 0.15) is 17.7 Å². The van der Waals surface area contributed by atoms with Crippen molar-refractivity contribution in [2.75, 3.05) is 25.0 Å². The summed E-state index contributed by atoms with van der Waals surface area (Å²) in [6.45, 7) is 4.50. The third-order valence-corrected chi connectivity index (χ3v) is 5.02. The van der Waals surface area contributed by atoms with Gasteiger partial charge in [-0.3, -0.25) is 4.79 Å². The number of hydrogen-bond donors (Lipinski definition) is 0. The highest BCUT2D eigenvalue weighted by molar-refractivity contribution is 5.98. The number of hydrogen-bond acceptors (Lipinski definition) is 4. The predicted molar refractivity (Wildman–Crippen MR) is 97.1 cm³/mol. The lowest BCUT2D eigenvalue weighted by Crippen LogP contribution is -2.39. The van der Waals surface area contributed by atoms with Crippen molar-refractivity contribution >= 4 is 11.7 Å². The first-order chi connectivity index (χ1) is 12.1. The number of nitrogens with zero attached hydrogens (tertiary/aromatic N) is 3. The number of piperidine rings is 1. The lowest BCUT2D eigenvalue weighted by Gasteiger charge is -2.34. The highest BCUT2D eigenvalue weighted by Crippen LogP contribution is 2.29. The summed E-state index contributed by atoms with van der Waals surface area (Å²) in [7, 11) is 1.82. The summed E-state index contributed by atoms with van der Waals surface area (Å²) >= 11 is 0. The third kappa shape index (κ3) is 3.06. The number of carbonyl (C=O) groups excluding carboxylic acids is 1. The van der Waals surface area contributed by atoms with Crippen LogP contribution in [0.25, 0.3) is 0 Å². The highest BCUT2D eigenvalue weighted by atomic mass is 16.5. The Kier molecular flexibility index (Phi) is 4.07. The Morgan fingerprint density at radius 3 is 2.60 bits per heavy atom. The van der Waals surface area contributed by atoms with Gasteiger partial charge >= 0.3 is 0 Å². The Balaban J connectivity index is 1.45. The van der Waals surface area contributed by atoms with E-state index in [9.17, 15) is 4.79 Å². The van der Waals surface area contributed by atoms with Crippen LogP contribution in [0.3, 0.4) is 0 Å². The number of aromatic nitrogens is 1. The molecule has 1 fully saturated rings. The summed E-state index contributed by atoms with van der Waals surface area (Å²) in [5, 5.41) is 0. The number of benzene rings is 1. The van der Waals surface area contributed by atoms with Crippen molar-refractivity contribution in [1.29, 1.82) is 0 Å². The molecule has 0 radical (unpaired) electrons. The maximum Gasteiger partial charge on any atom is 0.255 e. The van der Waals surface area contributed by atoms with Gasteiger partial charge in [0.15, 0.2) is 0 Å². The molecule has 5 nitrogen and oxygen atoms in total. The Bertz CT molecular complexity index is 783. The molecule has 1 amide bonds. The van der Waals surface area contributed by atoms with Crippen LogP contribution in [0.4, 0.5) is 5.82 Å². The monoisotopic (exact) mass is 337 g/mol. The summed E-state index contributed by atoms with van der Waals surface area (Å²) in [6, 6.07) is 12.0. The van der Waals surface area contributed by atoms with Gasteiger partial charge in [0.25, 0.3) is 5.91 Å². The number of aryl methyl sites for hydroxylation is 1. The molecule has 2 aromatic rings. The Hall–Kier alpha value is -2.56. The Morgan fingerprint density at radius 2 is 1.88 bits per heavy atom. The smallest absolute Gasteiger partial charge is 0.255 e. The van der Waals surface area contributed by atoms with Crippen molar-refractivity contribution in [3.8, 4) is 5.75 Å². The minimum Gasteiger partial charge on any atom is -0.490 e. The fourth-order valence-corrected chi connectivity index (χ4v) is 3.65. The van der Waals surface area contributed by atoms with E-state index in [-0.39, 0.29) is 12.0 Å². The summed E-state index contributed by atoms with van der Waals surface area (Å²) in [5.41, 5.74) is 2.73. The minimum atomic E-state index is 0.0760. The van der Waals surface area contributed by atoms with Crippen LogP contribution in [-0.4, -0.2) is 42.0 Å². The van der Waals surface area contributed by atoms with E-state index in [0.717, 1.165) is 54.3 Å². The first-order valence-electron chi connectivity index (χ1n) is 8.84. The van der Waals surface area contributed by atoms with Crippen LogP contribution in [0.5, 0.6) is 5.75 Å². The number of anilines is 1. The number of amides is 1. The molecule has 2 aliphatic rings. The van der Waals surface area contributed by atoms with E-state index < -0.39 is 0 Å². The second-order valence-corrected chi connectivity index (χ2v) is 6.90. The minimum absolute atomic E-state index is 0.0760. The van der Waals surface area contributed by atoms with E-state index in [2.05, 4.69) is 4.90 Å². The molecule has 0 bridgehead atoms. The molecule has 2 aliphatic heterocycles. The summed E-state index contributed by atoms with van der Waals surface area (Å²) < 4.78 is 6.07. The van der Waals surface area contributed by atoms with Crippen LogP contribution in [0, 0.1) is 6.92 Å². The topological polar surface area (TPSA) is 45.7 Å². The average Bonchev–Trinajstić information content (AvgIpc) is 2.90. The fraction of sp³-hybridized carbons (Fsp3) is 0.400. The van der Waals surface area contributed by atoms with Crippen molar-refractivity contribution < 1.29 is 9.53 Å².